The zero-order valence-corrected chi connectivity index (χ0v) is 49.6. The van der Waals surface area contributed by atoms with Gasteiger partial charge in [-0.3, -0.25) is 28.7 Å². The maximum atomic E-state index is 12.6. The molecule has 70 heavy (non-hydrogen) atoms. The first-order valence-electron chi connectivity index (χ1n) is 24.6. The van der Waals surface area contributed by atoms with Crippen LogP contribution in [0, 0.1) is 13.8 Å². The van der Waals surface area contributed by atoms with Gasteiger partial charge in [0.1, 0.15) is 12.5 Å². The second-order valence-electron chi connectivity index (χ2n) is 23.1. The van der Waals surface area contributed by atoms with E-state index in [1.54, 1.807) is 33.4 Å². The fourth-order valence-electron chi connectivity index (χ4n) is 7.86. The van der Waals surface area contributed by atoms with Gasteiger partial charge < -0.3 is 48.4 Å². The van der Waals surface area contributed by atoms with E-state index >= 15 is 0 Å². The first kappa shape index (κ1) is 64.3. The summed E-state index contributed by atoms with van der Waals surface area (Å²) in [6.07, 6.45) is 4.33. The Bertz CT molecular complexity index is 2180. The number of aryl methyl sites for hydroxylation is 2. The molecule has 0 aromatic carbocycles. The summed E-state index contributed by atoms with van der Waals surface area (Å²) in [5, 5.41) is 3.77. The van der Waals surface area contributed by atoms with Gasteiger partial charge in [-0.25, -0.2) is 14.3 Å². The maximum absolute atomic E-state index is 12.6. The van der Waals surface area contributed by atoms with E-state index in [0.717, 1.165) is 38.0 Å². The molecule has 0 aliphatic carbocycles. The van der Waals surface area contributed by atoms with Gasteiger partial charge in [-0.15, -0.1) is 0 Å². The summed E-state index contributed by atoms with van der Waals surface area (Å²) < 4.78 is 49.3. The Hall–Kier alpha value is -1.79. The van der Waals surface area contributed by atoms with Gasteiger partial charge in [-0.05, 0) is 83.1 Å². The van der Waals surface area contributed by atoms with Crippen LogP contribution in [-0.2, 0) is 32.1 Å². The Morgan fingerprint density at radius 3 is 1.69 bits per heavy atom. The van der Waals surface area contributed by atoms with Crippen molar-refractivity contribution in [2.75, 3.05) is 20.2 Å². The van der Waals surface area contributed by atoms with Gasteiger partial charge in [-0.2, -0.15) is 0 Å². The average molecular weight is 1070 g/mol. The molecule has 0 radical (unpaired) electrons. The van der Waals surface area contributed by atoms with E-state index in [1.165, 1.54) is 9.13 Å². The minimum absolute atomic E-state index is 0. The van der Waals surface area contributed by atoms with E-state index < -0.39 is 57.1 Å². The number of nitrogens with one attached hydrogen (secondary N) is 3. The van der Waals surface area contributed by atoms with Crippen LogP contribution in [0.3, 0.4) is 0 Å². The standard InChI is InChI=1S/C24H46N3O6PSi.C23H42N3O5PSi.2H2O/c1-16(2)25-12-11-18(4)32-34(30-8)33-19-13-21(27-14-17(3)22(28)26-23(27)29)31-20(19)15-35(9,10)24(5,6)7;1-15(2)26-11-10-17(4)30-32(26)31-18-12-20(25-13-16(3)21(27)24-22(25)28)29-19(18)14-33(8,9)23(5,6)7;;/h14,16,18-21,25H,11-13,15H2,1-10H3,(H,26,28,29);13,15,17-20H,10-12,14H2,1-9H3,(H,24,27,28);2*1H2/t18?,19?,20?,21?,34-;;;/m0.../s1. The third kappa shape index (κ3) is 17.4. The summed E-state index contributed by atoms with van der Waals surface area (Å²) in [7, 11) is -4.61. The first-order chi connectivity index (χ1) is 31.3. The van der Waals surface area contributed by atoms with Crippen LogP contribution in [0.4, 0.5) is 0 Å². The van der Waals surface area contributed by atoms with Crippen molar-refractivity contribution in [1.82, 2.24) is 29.1 Å². The number of ether oxygens (including phenoxy) is 2. The van der Waals surface area contributed by atoms with Gasteiger partial charge in [0.05, 0.1) is 52.8 Å². The maximum Gasteiger partial charge on any atom is 0.333 e. The van der Waals surface area contributed by atoms with Gasteiger partial charge in [0.2, 0.25) is 0 Å². The highest BCUT2D eigenvalue weighted by Gasteiger charge is 2.48. The normalized spacial score (nSPS) is 25.6. The van der Waals surface area contributed by atoms with Crippen molar-refractivity contribution in [3.63, 3.8) is 0 Å². The van der Waals surface area contributed by atoms with Crippen LogP contribution in [0.2, 0.25) is 48.4 Å². The predicted molar refractivity (Wildman–Crippen MR) is 286 cm³/mol. The number of aromatic amines is 2. The third-order valence-corrected chi connectivity index (χ3v) is 28.9. The zero-order chi connectivity index (χ0) is 51.3. The van der Waals surface area contributed by atoms with Crippen molar-refractivity contribution in [1.29, 1.82) is 0 Å². The number of H-pyrrole nitrogens is 2. The van der Waals surface area contributed by atoms with Crippen molar-refractivity contribution in [2.45, 2.75) is 232 Å². The van der Waals surface area contributed by atoms with Crippen LogP contribution in [0.1, 0.15) is 132 Å². The third-order valence-electron chi connectivity index (χ3n) is 14.6. The summed E-state index contributed by atoms with van der Waals surface area (Å²) in [6.45, 7) is 41.1. The zero-order valence-electron chi connectivity index (χ0n) is 45.8. The topological polar surface area (TPSA) is 253 Å². The van der Waals surface area contributed by atoms with E-state index in [-0.39, 0.29) is 68.8 Å². The molecule has 23 heteroatoms. The molecule has 3 saturated heterocycles. The second kappa shape index (κ2) is 26.6. The second-order valence-corrected chi connectivity index (χ2v) is 37.1. The first-order valence-corrected chi connectivity index (χ1v) is 33.2. The quantitative estimate of drug-likeness (QED) is 0.0952. The number of nitrogens with zero attached hydrogens (tertiary/aromatic N) is 3. The molecule has 406 valence electrons. The van der Waals surface area contributed by atoms with Crippen molar-refractivity contribution < 1.29 is 43.0 Å². The molecular formula is C47H92N6O13P2Si2. The lowest BCUT2D eigenvalue weighted by molar-refractivity contribution is -0.0119. The van der Waals surface area contributed by atoms with E-state index in [0.29, 0.717) is 36.1 Å². The molecule has 3 fully saturated rings. The molecule has 19 nitrogen and oxygen atoms in total. The van der Waals surface area contributed by atoms with Crippen LogP contribution in [0.25, 0.3) is 0 Å². The van der Waals surface area contributed by atoms with E-state index in [2.05, 4.69) is 122 Å². The molecule has 10 atom stereocenters. The van der Waals surface area contributed by atoms with Gasteiger partial charge in [0.25, 0.3) is 19.6 Å². The molecule has 7 N–H and O–H groups in total. The Kier molecular flexibility index (Phi) is 24.5. The molecule has 0 bridgehead atoms. The Balaban J connectivity index is 0.000000467. The molecule has 3 aliphatic rings. The SMILES string of the molecule is CO[P@@](OC(C)CCNC(C)C)OC1CC(n2cc(C)c(=O)[nH]c2=O)OC1C[Si](C)(C)C(C)(C)C.Cc1cn(C2CC(OP3OC(C)CCN3C(C)C)C(C[Si](C)(C)C(C)(C)C)O2)c(=O)[nH]c1=O.O.O. The van der Waals surface area contributed by atoms with Gasteiger partial charge in [0.15, 0.2) is 0 Å². The minimum atomic E-state index is -1.73. The monoisotopic (exact) mass is 1070 g/mol. The Labute approximate surface area is 421 Å². The van der Waals surface area contributed by atoms with E-state index in [4.69, 9.17) is 32.1 Å². The molecule has 3 aliphatic heterocycles. The smallest absolute Gasteiger partial charge is 0.333 e. The number of hydrogen-bond donors (Lipinski definition) is 3. The van der Waals surface area contributed by atoms with Crippen molar-refractivity contribution in [3.05, 3.63) is 65.2 Å². The lowest BCUT2D eigenvalue weighted by Crippen LogP contribution is -2.43. The van der Waals surface area contributed by atoms with Gasteiger partial charge >= 0.3 is 20.0 Å². The highest BCUT2D eigenvalue weighted by atomic mass is 31.2. The van der Waals surface area contributed by atoms with Crippen LogP contribution in [0.5, 0.6) is 0 Å². The van der Waals surface area contributed by atoms with Crippen LogP contribution >= 0.6 is 17.1 Å². The molecule has 2 aromatic heterocycles. The van der Waals surface area contributed by atoms with Gasteiger partial charge in [0, 0.05) is 62.1 Å². The van der Waals surface area contributed by atoms with Crippen LogP contribution in [-0.4, -0.2) is 120 Å². The number of hydrogen-bond acceptors (Lipinski definition) is 13. The highest BCUT2D eigenvalue weighted by molar-refractivity contribution is 7.44. The summed E-state index contributed by atoms with van der Waals surface area (Å²) >= 11 is 0. The molecule has 9 unspecified atom stereocenters. The van der Waals surface area contributed by atoms with E-state index in [9.17, 15) is 19.2 Å². The average Bonchev–Trinajstić information content (AvgIpc) is 3.78. The highest BCUT2D eigenvalue weighted by Crippen LogP contribution is 2.54. The molecule has 5 heterocycles. The Morgan fingerprint density at radius 1 is 0.800 bits per heavy atom. The molecule has 0 spiro atoms. The molecule has 2 aromatic rings. The lowest BCUT2D eigenvalue weighted by Gasteiger charge is -2.42. The van der Waals surface area contributed by atoms with Gasteiger partial charge in [-0.1, -0.05) is 81.6 Å². The largest absolute Gasteiger partial charge is 0.412 e. The van der Waals surface area contributed by atoms with Crippen molar-refractivity contribution in [3.8, 4) is 0 Å². The predicted octanol–water partition coefficient (Wildman–Crippen LogP) is 7.82. The lowest BCUT2D eigenvalue weighted by atomic mass is 10.2. The fourth-order valence-corrected chi connectivity index (χ4v) is 14.7. The minimum Gasteiger partial charge on any atom is -0.412 e. The summed E-state index contributed by atoms with van der Waals surface area (Å²) in [5.41, 5.74) is -0.714. The van der Waals surface area contributed by atoms with Crippen LogP contribution < -0.4 is 27.8 Å². The Morgan fingerprint density at radius 2 is 1.26 bits per heavy atom. The fraction of sp³-hybridized carbons (Fsp3) is 0.830. The van der Waals surface area contributed by atoms with Crippen molar-refractivity contribution in [2.24, 2.45) is 0 Å². The molecule has 0 amide bonds. The number of rotatable bonds is 18. The molecule has 5 rings (SSSR count). The number of aromatic nitrogens is 4. The molecule has 0 saturated carbocycles. The summed E-state index contributed by atoms with van der Waals surface area (Å²) in [4.78, 5) is 53.7. The summed E-state index contributed by atoms with van der Waals surface area (Å²) in [5.74, 6) is 0. The van der Waals surface area contributed by atoms with Crippen LogP contribution in [0.15, 0.2) is 31.6 Å². The summed E-state index contributed by atoms with van der Waals surface area (Å²) in [6, 6.07) is 2.54. The molecular weight excluding hydrogens is 975 g/mol. The van der Waals surface area contributed by atoms with Crippen molar-refractivity contribution >= 4 is 33.3 Å². The van der Waals surface area contributed by atoms with E-state index in [1.807, 2.05) is 6.92 Å².